The lowest BCUT2D eigenvalue weighted by atomic mass is 10.2. The number of rotatable bonds is 8. The van der Waals surface area contributed by atoms with E-state index in [1.54, 1.807) is 18.2 Å². The molecule has 0 spiro atoms. The van der Waals surface area contributed by atoms with Crippen LogP contribution in [0.4, 0.5) is 5.69 Å². The molecule has 7 heteroatoms. The fourth-order valence-corrected chi connectivity index (χ4v) is 3.43. The number of anilines is 1. The van der Waals surface area contributed by atoms with E-state index in [1.165, 1.54) is 16.9 Å². The Morgan fingerprint density at radius 2 is 1.86 bits per heavy atom. The van der Waals surface area contributed by atoms with Gasteiger partial charge in [-0.3, -0.25) is 9.59 Å². The van der Waals surface area contributed by atoms with Gasteiger partial charge in [-0.1, -0.05) is 42.0 Å². The monoisotopic (exact) mass is 410 g/mol. The zero-order valence-corrected chi connectivity index (χ0v) is 17.1. The number of esters is 1. The van der Waals surface area contributed by atoms with E-state index in [-0.39, 0.29) is 13.0 Å². The van der Waals surface area contributed by atoms with Crippen LogP contribution in [-0.2, 0) is 20.7 Å². The van der Waals surface area contributed by atoms with Gasteiger partial charge >= 0.3 is 5.97 Å². The summed E-state index contributed by atoms with van der Waals surface area (Å²) in [6.07, 6.45) is 0.0190. The van der Waals surface area contributed by atoms with Crippen LogP contribution < -0.4 is 10.1 Å². The van der Waals surface area contributed by atoms with Crippen molar-refractivity contribution >= 4 is 28.9 Å². The molecule has 1 N–H and O–H groups in total. The Kier molecular flexibility index (Phi) is 6.97. The normalized spacial score (nSPS) is 10.4. The molecular formula is C22H22N2O4S. The molecule has 0 aliphatic carbocycles. The number of thiazole rings is 1. The Labute approximate surface area is 173 Å². The number of hydrogen-bond acceptors (Lipinski definition) is 6. The molecule has 1 heterocycles. The Bertz CT molecular complexity index is 982. The molecule has 0 saturated heterocycles. The molecule has 29 heavy (non-hydrogen) atoms. The quantitative estimate of drug-likeness (QED) is 0.562. The van der Waals surface area contributed by atoms with Crippen LogP contribution in [0.3, 0.4) is 0 Å². The SMILES string of the molecule is CCOc1ccccc1NC(=O)COC(=O)Cc1csc(-c2ccc(C)cc2)n1. The molecule has 150 valence electrons. The van der Waals surface area contributed by atoms with Gasteiger partial charge in [0.2, 0.25) is 0 Å². The number of amides is 1. The lowest BCUT2D eigenvalue weighted by molar-refractivity contribution is -0.146. The van der Waals surface area contributed by atoms with Gasteiger partial charge in [0.1, 0.15) is 10.8 Å². The topological polar surface area (TPSA) is 77.5 Å². The molecule has 0 radical (unpaired) electrons. The van der Waals surface area contributed by atoms with E-state index in [9.17, 15) is 9.59 Å². The average molecular weight is 410 g/mol. The highest BCUT2D eigenvalue weighted by atomic mass is 32.1. The van der Waals surface area contributed by atoms with Gasteiger partial charge in [0.25, 0.3) is 5.91 Å². The van der Waals surface area contributed by atoms with Crippen LogP contribution in [0.1, 0.15) is 18.2 Å². The zero-order valence-electron chi connectivity index (χ0n) is 16.3. The van der Waals surface area contributed by atoms with Crippen LogP contribution >= 0.6 is 11.3 Å². The number of aryl methyl sites for hydroxylation is 1. The molecule has 0 bridgehead atoms. The van der Waals surface area contributed by atoms with Crippen LogP contribution in [0.5, 0.6) is 5.75 Å². The van der Waals surface area contributed by atoms with Crippen LogP contribution in [0, 0.1) is 6.92 Å². The Balaban J connectivity index is 1.50. The van der Waals surface area contributed by atoms with Crippen LogP contribution in [-0.4, -0.2) is 30.1 Å². The van der Waals surface area contributed by atoms with Crippen molar-refractivity contribution in [2.24, 2.45) is 0 Å². The van der Waals surface area contributed by atoms with E-state index >= 15 is 0 Å². The molecule has 1 aromatic heterocycles. The van der Waals surface area contributed by atoms with E-state index in [1.807, 2.05) is 49.6 Å². The summed E-state index contributed by atoms with van der Waals surface area (Å²) in [7, 11) is 0. The first-order valence-electron chi connectivity index (χ1n) is 9.24. The van der Waals surface area contributed by atoms with Crippen molar-refractivity contribution in [1.82, 2.24) is 4.98 Å². The Morgan fingerprint density at radius 1 is 1.10 bits per heavy atom. The number of nitrogens with zero attached hydrogens (tertiary/aromatic N) is 1. The molecule has 6 nitrogen and oxygen atoms in total. The number of carbonyl (C=O) groups is 2. The molecule has 0 saturated carbocycles. The summed E-state index contributed by atoms with van der Waals surface area (Å²) >= 11 is 1.47. The lowest BCUT2D eigenvalue weighted by Crippen LogP contribution is -2.22. The van der Waals surface area contributed by atoms with Gasteiger partial charge in [-0.2, -0.15) is 0 Å². The average Bonchev–Trinajstić information content (AvgIpc) is 3.17. The number of nitrogens with one attached hydrogen (secondary N) is 1. The molecule has 3 rings (SSSR count). The molecule has 0 atom stereocenters. The number of hydrogen-bond donors (Lipinski definition) is 1. The van der Waals surface area contributed by atoms with Crippen molar-refractivity contribution in [2.45, 2.75) is 20.3 Å². The van der Waals surface area contributed by atoms with Crippen molar-refractivity contribution in [2.75, 3.05) is 18.5 Å². The minimum Gasteiger partial charge on any atom is -0.492 e. The minimum atomic E-state index is -0.501. The van der Waals surface area contributed by atoms with Crippen molar-refractivity contribution < 1.29 is 19.1 Å². The van der Waals surface area contributed by atoms with E-state index in [0.29, 0.717) is 23.7 Å². The minimum absolute atomic E-state index is 0.0190. The van der Waals surface area contributed by atoms with E-state index in [4.69, 9.17) is 9.47 Å². The number of ether oxygens (including phenoxy) is 2. The predicted octanol–water partition coefficient (Wildman–Crippen LogP) is 4.24. The summed E-state index contributed by atoms with van der Waals surface area (Å²) < 4.78 is 10.5. The highest BCUT2D eigenvalue weighted by molar-refractivity contribution is 7.13. The molecule has 3 aromatic rings. The Hall–Kier alpha value is -3.19. The second-order valence-corrected chi connectivity index (χ2v) is 7.18. The van der Waals surface area contributed by atoms with Crippen LogP contribution in [0.15, 0.2) is 53.9 Å². The Morgan fingerprint density at radius 3 is 2.62 bits per heavy atom. The third kappa shape index (κ3) is 5.89. The van der Waals surface area contributed by atoms with Gasteiger partial charge in [0.15, 0.2) is 6.61 Å². The molecule has 0 fully saturated rings. The van der Waals surface area contributed by atoms with Crippen molar-refractivity contribution in [3.05, 3.63) is 65.2 Å². The maximum atomic E-state index is 12.1. The molecule has 2 aromatic carbocycles. The molecule has 0 aliphatic heterocycles. The summed E-state index contributed by atoms with van der Waals surface area (Å²) in [6.45, 7) is 4.01. The number of carbonyl (C=O) groups excluding carboxylic acids is 2. The highest BCUT2D eigenvalue weighted by Crippen LogP contribution is 2.25. The van der Waals surface area contributed by atoms with Crippen LogP contribution in [0.2, 0.25) is 0 Å². The maximum absolute atomic E-state index is 12.1. The standard InChI is InChI=1S/C22H22N2O4S/c1-3-27-19-7-5-4-6-18(19)24-20(25)13-28-21(26)12-17-14-29-22(23-17)16-10-8-15(2)9-11-16/h4-11,14H,3,12-13H2,1-2H3,(H,24,25). The van der Waals surface area contributed by atoms with Crippen molar-refractivity contribution in [3.8, 4) is 16.3 Å². The summed E-state index contributed by atoms with van der Waals surface area (Å²) in [5.41, 5.74) is 3.35. The maximum Gasteiger partial charge on any atom is 0.312 e. The first-order chi connectivity index (χ1) is 14.0. The predicted molar refractivity (Wildman–Crippen MR) is 113 cm³/mol. The molecule has 1 amide bonds. The smallest absolute Gasteiger partial charge is 0.312 e. The van der Waals surface area contributed by atoms with E-state index in [2.05, 4.69) is 10.3 Å². The van der Waals surface area contributed by atoms with Gasteiger partial charge in [-0.05, 0) is 26.0 Å². The summed E-state index contributed by atoms with van der Waals surface area (Å²) in [5.74, 6) is -0.357. The van der Waals surface area contributed by atoms with Gasteiger partial charge in [0, 0.05) is 10.9 Å². The van der Waals surface area contributed by atoms with E-state index in [0.717, 1.165) is 10.6 Å². The number of para-hydroxylation sites is 2. The first-order valence-corrected chi connectivity index (χ1v) is 10.1. The zero-order chi connectivity index (χ0) is 20.6. The van der Waals surface area contributed by atoms with Crippen LogP contribution in [0.25, 0.3) is 10.6 Å². The second-order valence-electron chi connectivity index (χ2n) is 6.32. The third-order valence-corrected chi connectivity index (χ3v) is 4.94. The summed E-state index contributed by atoms with van der Waals surface area (Å²) in [6, 6.07) is 15.1. The number of benzene rings is 2. The van der Waals surface area contributed by atoms with Gasteiger partial charge in [0.05, 0.1) is 24.4 Å². The largest absolute Gasteiger partial charge is 0.492 e. The van der Waals surface area contributed by atoms with Gasteiger partial charge in [-0.15, -0.1) is 11.3 Å². The second kappa shape index (κ2) is 9.84. The molecular weight excluding hydrogens is 388 g/mol. The third-order valence-electron chi connectivity index (χ3n) is 4.00. The van der Waals surface area contributed by atoms with Gasteiger partial charge in [-0.25, -0.2) is 4.98 Å². The van der Waals surface area contributed by atoms with Crippen molar-refractivity contribution in [3.63, 3.8) is 0 Å². The fraction of sp³-hybridized carbons (Fsp3) is 0.227. The molecule has 0 aliphatic rings. The highest BCUT2D eigenvalue weighted by Gasteiger charge is 2.13. The molecule has 0 unspecified atom stereocenters. The number of aromatic nitrogens is 1. The van der Waals surface area contributed by atoms with E-state index < -0.39 is 11.9 Å². The van der Waals surface area contributed by atoms with Crippen molar-refractivity contribution in [1.29, 1.82) is 0 Å². The first kappa shape index (κ1) is 20.5. The summed E-state index contributed by atoms with van der Waals surface area (Å²) in [5, 5.41) is 5.36. The van der Waals surface area contributed by atoms with Gasteiger partial charge < -0.3 is 14.8 Å². The lowest BCUT2D eigenvalue weighted by Gasteiger charge is -2.11. The summed E-state index contributed by atoms with van der Waals surface area (Å²) in [4.78, 5) is 28.6. The fourth-order valence-electron chi connectivity index (χ4n) is 2.60.